The molecule has 0 amide bonds. The molecule has 210 valence electrons. The third-order valence-corrected chi connectivity index (χ3v) is 7.67. The van der Waals surface area contributed by atoms with Crippen LogP contribution in [-0.4, -0.2) is 32.5 Å². The Kier molecular flexibility index (Phi) is 8.35. The van der Waals surface area contributed by atoms with Gasteiger partial charge in [0, 0.05) is 29.6 Å². The summed E-state index contributed by atoms with van der Waals surface area (Å²) in [4.78, 5) is 20.2. The molecule has 0 bridgehead atoms. The number of nitrogens with two attached hydrogens (primary N) is 2. The Morgan fingerprint density at radius 2 is 2.05 bits per heavy atom. The molecule has 1 fully saturated rings. The zero-order valence-electron chi connectivity index (χ0n) is 22.4. The molecule has 0 radical (unpaired) electrons. The SMILES string of the molecule is C[C@H](N)CCCc1cc(Cl)c(F)c(-c2cc3cn(-c4ccc([C@@H]5CC[C@H](CCC(=N)N)O5)cc4)c(=O)nc3[nH]2)c1. The Balaban J connectivity index is 1.37. The first-order valence-corrected chi connectivity index (χ1v) is 14.0. The molecule has 0 unspecified atom stereocenters. The van der Waals surface area contributed by atoms with Crippen molar-refractivity contribution in [3.05, 3.63) is 81.1 Å². The number of hydrogen-bond acceptors (Lipinski definition) is 5. The minimum Gasteiger partial charge on any atom is -0.388 e. The smallest absolute Gasteiger partial charge is 0.354 e. The number of amidine groups is 1. The summed E-state index contributed by atoms with van der Waals surface area (Å²) >= 11 is 6.23. The van der Waals surface area contributed by atoms with E-state index in [1.165, 1.54) is 4.57 Å². The second kappa shape index (κ2) is 11.9. The van der Waals surface area contributed by atoms with Gasteiger partial charge in [-0.1, -0.05) is 23.7 Å². The lowest BCUT2D eigenvalue weighted by molar-refractivity contribution is 0.0411. The maximum atomic E-state index is 15.1. The monoisotopic (exact) mass is 564 g/mol. The molecule has 10 heteroatoms. The number of benzene rings is 2. The molecule has 1 aliphatic rings. The summed E-state index contributed by atoms with van der Waals surface area (Å²) < 4.78 is 22.7. The van der Waals surface area contributed by atoms with Gasteiger partial charge >= 0.3 is 5.69 Å². The van der Waals surface area contributed by atoms with E-state index in [2.05, 4.69) is 9.97 Å². The summed E-state index contributed by atoms with van der Waals surface area (Å²) in [5.74, 6) is -0.343. The minimum absolute atomic E-state index is 0.0215. The van der Waals surface area contributed by atoms with Gasteiger partial charge < -0.3 is 21.2 Å². The Hall–Kier alpha value is -3.53. The number of halogens is 2. The average molecular weight is 565 g/mol. The van der Waals surface area contributed by atoms with Crippen molar-refractivity contribution in [3.8, 4) is 16.9 Å². The first-order chi connectivity index (χ1) is 19.2. The van der Waals surface area contributed by atoms with Gasteiger partial charge in [0.2, 0.25) is 0 Å². The maximum Gasteiger partial charge on any atom is 0.354 e. The summed E-state index contributed by atoms with van der Waals surface area (Å²) in [6.07, 6.45) is 7.36. The molecular weight excluding hydrogens is 531 g/mol. The zero-order valence-corrected chi connectivity index (χ0v) is 23.2. The summed E-state index contributed by atoms with van der Waals surface area (Å²) in [7, 11) is 0. The number of H-pyrrole nitrogens is 1. The van der Waals surface area contributed by atoms with Crippen molar-refractivity contribution >= 4 is 28.5 Å². The van der Waals surface area contributed by atoms with Gasteiger partial charge in [-0.3, -0.25) is 9.98 Å². The lowest BCUT2D eigenvalue weighted by Crippen LogP contribution is -2.20. The highest BCUT2D eigenvalue weighted by Crippen LogP contribution is 2.35. The molecule has 6 N–H and O–H groups in total. The summed E-state index contributed by atoms with van der Waals surface area (Å²) in [5, 5.41) is 8.13. The zero-order chi connectivity index (χ0) is 28.4. The molecule has 3 atom stereocenters. The van der Waals surface area contributed by atoms with Crippen LogP contribution in [0.3, 0.4) is 0 Å². The number of fused-ring (bicyclic) bond motifs is 1. The predicted octanol–water partition coefficient (Wildman–Crippen LogP) is 5.78. The molecule has 5 rings (SSSR count). The van der Waals surface area contributed by atoms with Crippen molar-refractivity contribution in [1.29, 1.82) is 5.41 Å². The quantitative estimate of drug-likeness (QED) is 0.143. The first-order valence-electron chi connectivity index (χ1n) is 13.6. The van der Waals surface area contributed by atoms with E-state index < -0.39 is 11.5 Å². The molecule has 0 saturated carbocycles. The van der Waals surface area contributed by atoms with Crippen molar-refractivity contribution in [1.82, 2.24) is 14.5 Å². The van der Waals surface area contributed by atoms with Gasteiger partial charge in [-0.05, 0) is 86.9 Å². The Morgan fingerprint density at radius 1 is 1.27 bits per heavy atom. The highest BCUT2D eigenvalue weighted by atomic mass is 35.5. The highest BCUT2D eigenvalue weighted by Gasteiger charge is 2.26. The highest BCUT2D eigenvalue weighted by molar-refractivity contribution is 6.31. The molecule has 4 aromatic rings. The van der Waals surface area contributed by atoms with E-state index in [-0.39, 0.29) is 29.1 Å². The lowest BCUT2D eigenvalue weighted by Gasteiger charge is -2.14. The largest absolute Gasteiger partial charge is 0.388 e. The van der Waals surface area contributed by atoms with E-state index in [9.17, 15) is 4.79 Å². The number of nitrogens with zero attached hydrogens (tertiary/aromatic N) is 2. The number of aryl methyl sites for hydroxylation is 1. The number of aromatic amines is 1. The Morgan fingerprint density at radius 3 is 2.77 bits per heavy atom. The molecule has 8 nitrogen and oxygen atoms in total. The van der Waals surface area contributed by atoms with E-state index in [1.807, 2.05) is 31.2 Å². The number of rotatable bonds is 10. The Bertz CT molecular complexity index is 1580. The van der Waals surface area contributed by atoms with Gasteiger partial charge in [0.05, 0.1) is 34.4 Å². The molecule has 1 saturated heterocycles. The van der Waals surface area contributed by atoms with Crippen LogP contribution in [0.1, 0.15) is 62.7 Å². The number of hydrogen-bond donors (Lipinski definition) is 4. The molecular formula is C30H34ClFN6O2. The van der Waals surface area contributed by atoms with Crippen LogP contribution in [0.25, 0.3) is 28.0 Å². The normalized spacial score (nSPS) is 17.9. The van der Waals surface area contributed by atoms with E-state index in [4.69, 9.17) is 33.2 Å². The molecule has 2 aromatic carbocycles. The topological polar surface area (TPSA) is 136 Å². The maximum absolute atomic E-state index is 15.1. The number of ether oxygens (including phenoxy) is 1. The van der Waals surface area contributed by atoms with E-state index in [0.29, 0.717) is 34.4 Å². The second-order valence-electron chi connectivity index (χ2n) is 10.7. The fourth-order valence-corrected chi connectivity index (χ4v) is 5.51. The third-order valence-electron chi connectivity index (χ3n) is 7.40. The van der Waals surface area contributed by atoms with Crippen LogP contribution >= 0.6 is 11.6 Å². The number of aromatic nitrogens is 3. The minimum atomic E-state index is -0.521. The van der Waals surface area contributed by atoms with Crippen LogP contribution in [-0.2, 0) is 11.2 Å². The van der Waals surface area contributed by atoms with Crippen molar-refractivity contribution in [2.24, 2.45) is 11.5 Å². The van der Waals surface area contributed by atoms with Crippen LogP contribution in [0, 0.1) is 11.2 Å². The average Bonchev–Trinajstić information content (AvgIpc) is 3.56. The van der Waals surface area contributed by atoms with Gasteiger partial charge in [-0.25, -0.2) is 9.18 Å². The standard InChI is InChI=1S/C30H34ClFN6O2/c1-17(33)3-2-4-18-13-23(28(32)24(31)14-18)25-15-20-16-38(30(39)37-29(20)36-25)21-7-5-19(6-8-21)26-11-9-22(40-26)10-12-27(34)35/h5-8,13-17,22,26H,2-4,9-12,33H2,1H3,(H3,34,35)(H,36,37,39)/t17-,22+,26-/m0/s1. The predicted molar refractivity (Wildman–Crippen MR) is 157 cm³/mol. The van der Waals surface area contributed by atoms with E-state index in [1.54, 1.807) is 24.4 Å². The molecule has 2 aromatic heterocycles. The van der Waals surface area contributed by atoms with Crippen molar-refractivity contribution in [3.63, 3.8) is 0 Å². The second-order valence-corrected chi connectivity index (χ2v) is 11.1. The van der Waals surface area contributed by atoms with E-state index in [0.717, 1.165) is 49.7 Å². The van der Waals surface area contributed by atoms with Crippen LogP contribution in [0.2, 0.25) is 5.02 Å². The lowest BCUT2D eigenvalue weighted by atomic mass is 10.0. The van der Waals surface area contributed by atoms with Gasteiger partial charge in [-0.2, -0.15) is 4.98 Å². The molecule has 1 aliphatic heterocycles. The summed E-state index contributed by atoms with van der Waals surface area (Å²) in [5.41, 5.74) is 14.7. The summed E-state index contributed by atoms with van der Waals surface area (Å²) in [6, 6.07) is 13.0. The van der Waals surface area contributed by atoms with Crippen molar-refractivity contribution in [2.75, 3.05) is 0 Å². The van der Waals surface area contributed by atoms with Gasteiger partial charge in [0.25, 0.3) is 0 Å². The van der Waals surface area contributed by atoms with Crippen molar-refractivity contribution < 1.29 is 9.13 Å². The van der Waals surface area contributed by atoms with Crippen LogP contribution in [0.5, 0.6) is 0 Å². The molecule has 0 aliphatic carbocycles. The van der Waals surface area contributed by atoms with Gasteiger partial charge in [-0.15, -0.1) is 0 Å². The van der Waals surface area contributed by atoms with Gasteiger partial charge in [0.15, 0.2) is 5.82 Å². The van der Waals surface area contributed by atoms with E-state index >= 15 is 4.39 Å². The fraction of sp³-hybridized carbons (Fsp3) is 0.367. The van der Waals surface area contributed by atoms with Crippen LogP contribution in [0.4, 0.5) is 4.39 Å². The molecule has 40 heavy (non-hydrogen) atoms. The van der Waals surface area contributed by atoms with Gasteiger partial charge in [0.1, 0.15) is 5.65 Å². The van der Waals surface area contributed by atoms with Crippen LogP contribution in [0.15, 0.2) is 53.5 Å². The fourth-order valence-electron chi connectivity index (χ4n) is 5.27. The summed E-state index contributed by atoms with van der Waals surface area (Å²) in [6.45, 7) is 1.96. The first kappa shape index (κ1) is 28.0. The third kappa shape index (κ3) is 6.27. The Labute approximate surface area is 237 Å². The van der Waals surface area contributed by atoms with Crippen molar-refractivity contribution in [2.45, 2.75) is 70.1 Å². The number of nitrogens with one attached hydrogen (secondary N) is 2. The molecule has 0 spiro atoms. The molecule has 3 heterocycles. The van der Waals surface area contributed by atoms with Crippen LogP contribution < -0.4 is 17.2 Å².